The van der Waals surface area contributed by atoms with Crippen LogP contribution < -0.4 is 5.32 Å². The van der Waals surface area contributed by atoms with Gasteiger partial charge in [0.2, 0.25) is 5.91 Å². The molecule has 0 aromatic carbocycles. The van der Waals surface area contributed by atoms with E-state index in [-0.39, 0.29) is 12.5 Å². The highest BCUT2D eigenvalue weighted by Gasteiger charge is 2.20. The van der Waals surface area contributed by atoms with Crippen LogP contribution >= 0.6 is 0 Å². The summed E-state index contributed by atoms with van der Waals surface area (Å²) in [6, 6.07) is -0.532. The van der Waals surface area contributed by atoms with Crippen LogP contribution in [0.5, 0.6) is 0 Å². The quantitative estimate of drug-likeness (QED) is 0.0428. The Bertz CT molecular complexity index is 821. The molecule has 0 aliphatic carbocycles. The van der Waals surface area contributed by atoms with Crippen LogP contribution in [0.4, 0.5) is 0 Å². The van der Waals surface area contributed by atoms with Gasteiger partial charge in [0, 0.05) is 6.42 Å². The van der Waals surface area contributed by atoms with E-state index in [1.165, 1.54) is 193 Å². The highest BCUT2D eigenvalue weighted by Crippen LogP contribution is 2.16. The fraction of sp³-hybridized carbons (Fsp3) is 0.860. The number of aliphatic hydroxyl groups is 2. The fourth-order valence-electron chi connectivity index (χ4n) is 7.43. The van der Waals surface area contributed by atoms with Gasteiger partial charge in [-0.25, -0.2) is 0 Å². The Balaban J connectivity index is 3.40. The monoisotopic (exact) mass is 758 g/mol. The fourth-order valence-corrected chi connectivity index (χ4v) is 7.43. The van der Waals surface area contributed by atoms with Gasteiger partial charge in [0.15, 0.2) is 0 Å². The Morgan fingerprint density at radius 3 is 1.13 bits per heavy atom. The summed E-state index contributed by atoms with van der Waals surface area (Å²) < 4.78 is 0. The summed E-state index contributed by atoms with van der Waals surface area (Å²) in [6.45, 7) is 4.33. The lowest BCUT2D eigenvalue weighted by Gasteiger charge is -2.22. The van der Waals surface area contributed by atoms with E-state index in [1.54, 1.807) is 0 Å². The van der Waals surface area contributed by atoms with Crippen molar-refractivity contribution in [3.63, 3.8) is 0 Å². The van der Waals surface area contributed by atoms with E-state index in [1.807, 2.05) is 0 Å². The smallest absolute Gasteiger partial charge is 0.220 e. The molecule has 2 unspecified atom stereocenters. The molecule has 1 amide bonds. The first-order chi connectivity index (χ1) is 26.7. The molecule has 0 aliphatic heterocycles. The second-order valence-electron chi connectivity index (χ2n) is 16.5. The molecule has 0 aromatic heterocycles. The zero-order valence-electron chi connectivity index (χ0n) is 36.5. The predicted octanol–water partition coefficient (Wildman–Crippen LogP) is 15.4. The van der Waals surface area contributed by atoms with Crippen molar-refractivity contribution in [3.8, 4) is 0 Å². The average molecular weight is 758 g/mol. The molecule has 2 atom stereocenters. The van der Waals surface area contributed by atoms with Crippen molar-refractivity contribution in [2.24, 2.45) is 0 Å². The van der Waals surface area contributed by atoms with Crippen molar-refractivity contribution < 1.29 is 15.0 Å². The van der Waals surface area contributed by atoms with Crippen LogP contribution in [0.1, 0.15) is 258 Å². The van der Waals surface area contributed by atoms with Gasteiger partial charge in [0.05, 0.1) is 18.8 Å². The third-order valence-corrected chi connectivity index (χ3v) is 11.2. The van der Waals surface area contributed by atoms with E-state index in [4.69, 9.17) is 0 Å². The standard InChI is InChI=1S/C50H95NO3/c1-3-5-7-9-11-13-14-15-16-17-18-19-20-21-22-23-24-25-26-27-28-29-30-31-32-33-34-35-36-38-40-42-44-46-50(54)51-48(47-52)49(53)45-43-41-39-37-12-10-8-6-4-2/h14-15,17-18,20-21,48-49,52-53H,3-13,16,19,22-47H2,1-2H3,(H,51,54)/b15-14-,18-17-,21-20-. The Labute approximate surface area is 338 Å². The van der Waals surface area contributed by atoms with Crippen LogP contribution in [0, 0.1) is 0 Å². The maximum Gasteiger partial charge on any atom is 0.220 e. The number of unbranched alkanes of at least 4 members (excludes halogenated alkanes) is 31. The molecule has 0 bridgehead atoms. The molecule has 0 radical (unpaired) electrons. The van der Waals surface area contributed by atoms with Gasteiger partial charge in [-0.2, -0.15) is 0 Å². The van der Waals surface area contributed by atoms with Crippen molar-refractivity contribution in [1.82, 2.24) is 5.32 Å². The summed E-state index contributed by atoms with van der Waals surface area (Å²) in [4.78, 5) is 12.4. The lowest BCUT2D eigenvalue weighted by atomic mass is 10.0. The first-order valence-electron chi connectivity index (χ1n) is 24.2. The molecule has 4 heteroatoms. The van der Waals surface area contributed by atoms with E-state index in [9.17, 15) is 15.0 Å². The summed E-state index contributed by atoms with van der Waals surface area (Å²) >= 11 is 0. The number of nitrogens with one attached hydrogen (secondary N) is 1. The van der Waals surface area contributed by atoms with E-state index in [0.717, 1.165) is 38.5 Å². The van der Waals surface area contributed by atoms with E-state index >= 15 is 0 Å². The molecular weight excluding hydrogens is 663 g/mol. The second-order valence-corrected chi connectivity index (χ2v) is 16.5. The minimum atomic E-state index is -0.655. The van der Waals surface area contributed by atoms with Crippen molar-refractivity contribution in [2.45, 2.75) is 270 Å². The van der Waals surface area contributed by atoms with Gasteiger partial charge < -0.3 is 15.5 Å². The van der Waals surface area contributed by atoms with Gasteiger partial charge in [-0.15, -0.1) is 0 Å². The first kappa shape index (κ1) is 52.6. The van der Waals surface area contributed by atoms with Crippen LogP contribution in [0.25, 0.3) is 0 Å². The molecule has 0 spiro atoms. The molecular formula is C50H95NO3. The van der Waals surface area contributed by atoms with Crippen LogP contribution in [0.3, 0.4) is 0 Å². The number of carbonyl (C=O) groups excluding carboxylic acids is 1. The number of rotatable bonds is 44. The van der Waals surface area contributed by atoms with Crippen molar-refractivity contribution >= 4 is 5.91 Å². The largest absolute Gasteiger partial charge is 0.394 e. The number of aliphatic hydroxyl groups excluding tert-OH is 2. The van der Waals surface area contributed by atoms with Gasteiger partial charge >= 0.3 is 0 Å². The molecule has 54 heavy (non-hydrogen) atoms. The van der Waals surface area contributed by atoms with Gasteiger partial charge in [0.25, 0.3) is 0 Å². The van der Waals surface area contributed by atoms with Crippen LogP contribution in [-0.4, -0.2) is 34.9 Å². The Morgan fingerprint density at radius 1 is 0.444 bits per heavy atom. The minimum Gasteiger partial charge on any atom is -0.394 e. The SMILES string of the molecule is CCCCCCC/C=C\C/C=C\C/C=C\CCCCCCCCCCCCCCCCCCCCC(=O)NC(CO)C(O)CCCCCCCCCCC. The summed E-state index contributed by atoms with van der Waals surface area (Å²) in [5, 5.41) is 23.1. The number of hydrogen-bond donors (Lipinski definition) is 3. The van der Waals surface area contributed by atoms with Gasteiger partial charge in [-0.05, 0) is 51.4 Å². The molecule has 4 nitrogen and oxygen atoms in total. The number of carbonyl (C=O) groups is 1. The molecule has 0 fully saturated rings. The third kappa shape index (κ3) is 41.8. The van der Waals surface area contributed by atoms with Gasteiger partial charge in [-0.3, -0.25) is 4.79 Å². The maximum atomic E-state index is 12.4. The van der Waals surface area contributed by atoms with Crippen molar-refractivity contribution in [1.29, 1.82) is 0 Å². The highest BCUT2D eigenvalue weighted by molar-refractivity contribution is 5.76. The lowest BCUT2D eigenvalue weighted by molar-refractivity contribution is -0.123. The maximum absolute atomic E-state index is 12.4. The minimum absolute atomic E-state index is 0.0317. The highest BCUT2D eigenvalue weighted by atomic mass is 16.3. The summed E-state index contributed by atoms with van der Waals surface area (Å²) in [6.07, 6.45) is 61.1. The van der Waals surface area contributed by atoms with E-state index in [2.05, 4.69) is 55.6 Å². The first-order valence-corrected chi connectivity index (χ1v) is 24.2. The summed E-state index contributed by atoms with van der Waals surface area (Å²) in [5.41, 5.74) is 0. The summed E-state index contributed by atoms with van der Waals surface area (Å²) in [5.74, 6) is -0.0317. The zero-order valence-corrected chi connectivity index (χ0v) is 36.5. The van der Waals surface area contributed by atoms with Crippen LogP contribution in [-0.2, 0) is 4.79 Å². The van der Waals surface area contributed by atoms with Gasteiger partial charge in [0.1, 0.15) is 0 Å². The lowest BCUT2D eigenvalue weighted by Crippen LogP contribution is -2.45. The molecule has 0 saturated heterocycles. The molecule has 318 valence electrons. The molecule has 3 N–H and O–H groups in total. The number of hydrogen-bond acceptors (Lipinski definition) is 3. The Hall–Kier alpha value is -1.39. The second kappa shape index (κ2) is 46.0. The number of amides is 1. The van der Waals surface area contributed by atoms with Crippen LogP contribution in [0.15, 0.2) is 36.5 Å². The molecule has 0 saturated carbocycles. The number of allylic oxidation sites excluding steroid dienone is 6. The predicted molar refractivity (Wildman–Crippen MR) is 239 cm³/mol. The van der Waals surface area contributed by atoms with Crippen molar-refractivity contribution in [3.05, 3.63) is 36.5 Å². The van der Waals surface area contributed by atoms with Crippen molar-refractivity contribution in [2.75, 3.05) is 6.61 Å². The average Bonchev–Trinajstić information content (AvgIpc) is 3.18. The van der Waals surface area contributed by atoms with Crippen LogP contribution in [0.2, 0.25) is 0 Å². The Kier molecular flexibility index (Phi) is 44.8. The summed E-state index contributed by atoms with van der Waals surface area (Å²) in [7, 11) is 0. The molecule has 0 aromatic rings. The molecule has 0 rings (SSSR count). The van der Waals surface area contributed by atoms with E-state index < -0.39 is 12.1 Å². The Morgan fingerprint density at radius 2 is 0.759 bits per heavy atom. The van der Waals surface area contributed by atoms with E-state index in [0.29, 0.717) is 12.8 Å². The van der Waals surface area contributed by atoms with Gasteiger partial charge in [-0.1, -0.05) is 237 Å². The zero-order chi connectivity index (χ0) is 39.3. The normalized spacial score (nSPS) is 13.2. The topological polar surface area (TPSA) is 69.6 Å². The third-order valence-electron chi connectivity index (χ3n) is 11.2. The molecule has 0 aliphatic rings. The molecule has 0 heterocycles.